The third kappa shape index (κ3) is 5.27. The summed E-state index contributed by atoms with van der Waals surface area (Å²) in [5.41, 5.74) is 1.98. The molecule has 0 spiro atoms. The second-order valence-corrected chi connectivity index (χ2v) is 7.36. The van der Waals surface area contributed by atoms with Gasteiger partial charge in [0.2, 0.25) is 0 Å². The number of hydrogen-bond acceptors (Lipinski definition) is 4. The van der Waals surface area contributed by atoms with Gasteiger partial charge in [-0.25, -0.2) is 0 Å². The number of benzene rings is 1. The Hall–Kier alpha value is -1.98. The van der Waals surface area contributed by atoms with Crippen molar-refractivity contribution in [3.63, 3.8) is 0 Å². The Labute approximate surface area is 165 Å². The summed E-state index contributed by atoms with van der Waals surface area (Å²) >= 11 is 6.06. The van der Waals surface area contributed by atoms with Crippen LogP contribution in [-0.4, -0.2) is 43.1 Å². The second kappa shape index (κ2) is 9.29. The molecule has 1 aromatic carbocycles. The van der Waals surface area contributed by atoms with Crippen LogP contribution in [-0.2, 0) is 6.42 Å². The standard InChI is InChI=1S/C21H27ClN2O3/c1-3-16-8-13-26-20(16)21(25)23-9-12-24-10-6-17(7-11-24)27-18-4-5-19(22)15(2)14-18/h4-5,8,13-14,17H,3,6-7,9-12H2,1-2H3,(H,23,25). The molecule has 0 unspecified atom stereocenters. The third-order valence-electron chi connectivity index (χ3n) is 5.01. The van der Waals surface area contributed by atoms with Gasteiger partial charge in [-0.3, -0.25) is 4.79 Å². The van der Waals surface area contributed by atoms with Gasteiger partial charge < -0.3 is 19.4 Å². The molecule has 1 aliphatic rings. The van der Waals surface area contributed by atoms with Crippen molar-refractivity contribution < 1.29 is 13.9 Å². The van der Waals surface area contributed by atoms with Gasteiger partial charge in [0, 0.05) is 36.8 Å². The average Bonchev–Trinajstić information content (AvgIpc) is 3.15. The molecule has 0 saturated carbocycles. The van der Waals surface area contributed by atoms with Gasteiger partial charge in [0.15, 0.2) is 5.76 Å². The summed E-state index contributed by atoms with van der Waals surface area (Å²) in [6, 6.07) is 7.65. The fourth-order valence-electron chi connectivity index (χ4n) is 3.35. The molecule has 2 heterocycles. The Balaban J connectivity index is 1.38. The summed E-state index contributed by atoms with van der Waals surface area (Å²) in [4.78, 5) is 14.5. The van der Waals surface area contributed by atoms with Gasteiger partial charge in [0.25, 0.3) is 5.91 Å². The number of halogens is 1. The van der Waals surface area contributed by atoms with Crippen LogP contribution in [0.1, 0.15) is 41.4 Å². The lowest BCUT2D eigenvalue weighted by molar-refractivity contribution is 0.0883. The highest BCUT2D eigenvalue weighted by atomic mass is 35.5. The van der Waals surface area contributed by atoms with Crippen LogP contribution >= 0.6 is 11.6 Å². The lowest BCUT2D eigenvalue weighted by atomic mass is 10.1. The van der Waals surface area contributed by atoms with Crippen molar-refractivity contribution in [1.82, 2.24) is 10.2 Å². The van der Waals surface area contributed by atoms with Crippen LogP contribution in [0.4, 0.5) is 0 Å². The van der Waals surface area contributed by atoms with Crippen molar-refractivity contribution in [2.45, 2.75) is 39.2 Å². The van der Waals surface area contributed by atoms with Gasteiger partial charge in [0.1, 0.15) is 11.9 Å². The molecule has 0 bridgehead atoms. The molecule has 0 aliphatic carbocycles. The maximum atomic E-state index is 12.2. The fourth-order valence-corrected chi connectivity index (χ4v) is 3.47. The van der Waals surface area contributed by atoms with Crippen LogP contribution in [0, 0.1) is 6.92 Å². The van der Waals surface area contributed by atoms with Crippen molar-refractivity contribution in [3.05, 3.63) is 52.4 Å². The van der Waals surface area contributed by atoms with Crippen LogP contribution in [0.5, 0.6) is 5.75 Å². The van der Waals surface area contributed by atoms with E-state index in [1.165, 1.54) is 0 Å². The predicted molar refractivity (Wildman–Crippen MR) is 107 cm³/mol. The molecule has 146 valence electrons. The summed E-state index contributed by atoms with van der Waals surface area (Å²) in [5.74, 6) is 1.18. The number of rotatable bonds is 7. The molecule has 0 atom stereocenters. The van der Waals surface area contributed by atoms with Gasteiger partial charge in [-0.1, -0.05) is 18.5 Å². The van der Waals surface area contributed by atoms with Gasteiger partial charge >= 0.3 is 0 Å². The predicted octanol–water partition coefficient (Wildman–Crippen LogP) is 4.08. The molecule has 2 aromatic rings. The Kier molecular flexibility index (Phi) is 6.80. The van der Waals surface area contributed by atoms with Crippen molar-refractivity contribution in [2.24, 2.45) is 0 Å². The summed E-state index contributed by atoms with van der Waals surface area (Å²) < 4.78 is 11.4. The van der Waals surface area contributed by atoms with Crippen molar-refractivity contribution in [3.8, 4) is 5.75 Å². The first-order chi connectivity index (χ1) is 13.1. The molecule has 6 heteroatoms. The molecule has 27 heavy (non-hydrogen) atoms. The summed E-state index contributed by atoms with van der Waals surface area (Å²) in [5, 5.41) is 3.72. The lowest BCUT2D eigenvalue weighted by Gasteiger charge is -2.32. The third-order valence-corrected chi connectivity index (χ3v) is 5.44. The minimum atomic E-state index is -0.131. The van der Waals surface area contributed by atoms with E-state index in [0.29, 0.717) is 12.3 Å². The number of furan rings is 1. The quantitative estimate of drug-likeness (QED) is 0.774. The number of likely N-dealkylation sites (tertiary alicyclic amines) is 1. The van der Waals surface area contributed by atoms with E-state index in [2.05, 4.69) is 10.2 Å². The highest BCUT2D eigenvalue weighted by Gasteiger charge is 2.21. The number of carbonyl (C=O) groups excluding carboxylic acids is 1. The number of piperidine rings is 1. The number of carbonyl (C=O) groups is 1. The Morgan fingerprint density at radius 2 is 2.11 bits per heavy atom. The number of nitrogens with one attached hydrogen (secondary N) is 1. The van der Waals surface area contributed by atoms with Crippen LogP contribution < -0.4 is 10.1 Å². The molecule has 3 rings (SSSR count). The number of hydrogen-bond donors (Lipinski definition) is 1. The number of aryl methyl sites for hydroxylation is 2. The lowest BCUT2D eigenvalue weighted by Crippen LogP contribution is -2.42. The number of amides is 1. The van der Waals surface area contributed by atoms with Gasteiger partial charge in [-0.15, -0.1) is 0 Å². The normalized spacial score (nSPS) is 15.7. The highest BCUT2D eigenvalue weighted by Crippen LogP contribution is 2.24. The monoisotopic (exact) mass is 390 g/mol. The van der Waals surface area contributed by atoms with Crippen LogP contribution in [0.2, 0.25) is 5.02 Å². The zero-order chi connectivity index (χ0) is 19.2. The van der Waals surface area contributed by atoms with Gasteiger partial charge in [-0.2, -0.15) is 0 Å². The zero-order valence-electron chi connectivity index (χ0n) is 16.0. The van der Waals surface area contributed by atoms with Gasteiger partial charge in [0.05, 0.1) is 6.26 Å². The minimum Gasteiger partial charge on any atom is -0.490 e. The largest absolute Gasteiger partial charge is 0.490 e. The molecular weight excluding hydrogens is 364 g/mol. The fraction of sp³-hybridized carbons (Fsp3) is 0.476. The minimum absolute atomic E-state index is 0.131. The molecule has 0 radical (unpaired) electrons. The molecule has 1 saturated heterocycles. The summed E-state index contributed by atoms with van der Waals surface area (Å²) in [6.45, 7) is 7.38. The molecule has 1 N–H and O–H groups in total. The first-order valence-corrected chi connectivity index (χ1v) is 9.94. The Morgan fingerprint density at radius 3 is 2.81 bits per heavy atom. The molecular formula is C21H27ClN2O3. The zero-order valence-corrected chi connectivity index (χ0v) is 16.7. The topological polar surface area (TPSA) is 54.7 Å². The number of ether oxygens (including phenoxy) is 1. The van der Waals surface area contributed by atoms with E-state index in [-0.39, 0.29) is 12.0 Å². The van der Waals surface area contributed by atoms with E-state index >= 15 is 0 Å². The SMILES string of the molecule is CCc1ccoc1C(=O)NCCN1CCC(Oc2ccc(Cl)c(C)c2)CC1. The maximum absolute atomic E-state index is 12.2. The van der Waals surface area contributed by atoms with Crippen molar-refractivity contribution in [1.29, 1.82) is 0 Å². The van der Waals surface area contributed by atoms with E-state index in [1.54, 1.807) is 6.26 Å². The van der Waals surface area contributed by atoms with Crippen LogP contribution in [0.15, 0.2) is 34.9 Å². The van der Waals surface area contributed by atoms with E-state index in [1.807, 2.05) is 38.1 Å². The van der Waals surface area contributed by atoms with E-state index in [0.717, 1.165) is 60.8 Å². The molecule has 1 aromatic heterocycles. The average molecular weight is 391 g/mol. The maximum Gasteiger partial charge on any atom is 0.287 e. The summed E-state index contributed by atoms with van der Waals surface area (Å²) in [6.07, 6.45) is 4.55. The molecule has 1 amide bonds. The number of nitrogens with zero attached hydrogens (tertiary/aromatic N) is 1. The van der Waals surface area contributed by atoms with Crippen molar-refractivity contribution >= 4 is 17.5 Å². The van der Waals surface area contributed by atoms with E-state index in [9.17, 15) is 4.79 Å². The summed E-state index contributed by atoms with van der Waals surface area (Å²) in [7, 11) is 0. The Bertz CT molecular complexity index is 767. The van der Waals surface area contributed by atoms with Crippen LogP contribution in [0.3, 0.4) is 0 Å². The van der Waals surface area contributed by atoms with Crippen molar-refractivity contribution in [2.75, 3.05) is 26.2 Å². The smallest absolute Gasteiger partial charge is 0.287 e. The van der Waals surface area contributed by atoms with E-state index < -0.39 is 0 Å². The Morgan fingerprint density at radius 1 is 1.33 bits per heavy atom. The molecule has 1 fully saturated rings. The first-order valence-electron chi connectivity index (χ1n) is 9.56. The second-order valence-electron chi connectivity index (χ2n) is 6.95. The van der Waals surface area contributed by atoms with E-state index in [4.69, 9.17) is 20.8 Å². The van der Waals surface area contributed by atoms with Gasteiger partial charge in [-0.05, 0) is 56.0 Å². The highest BCUT2D eigenvalue weighted by molar-refractivity contribution is 6.31. The molecule has 5 nitrogen and oxygen atoms in total. The molecule has 1 aliphatic heterocycles. The van der Waals surface area contributed by atoms with Crippen LogP contribution in [0.25, 0.3) is 0 Å². The first kappa shape index (κ1) is 19.8.